The van der Waals surface area contributed by atoms with Gasteiger partial charge in [0.1, 0.15) is 0 Å². The number of hydrogen-bond donors (Lipinski definition) is 1. The van der Waals surface area contributed by atoms with Crippen molar-refractivity contribution in [2.24, 2.45) is 17.8 Å². The average Bonchev–Trinajstić information content (AvgIpc) is 2.49. The average molecular weight is 353 g/mol. The predicted octanol–water partition coefficient (Wildman–Crippen LogP) is 4.83. The topological polar surface area (TPSA) is 24.9 Å². The molecule has 0 aliphatic heterocycles. The lowest BCUT2D eigenvalue weighted by atomic mass is 9.74. The lowest BCUT2D eigenvalue weighted by Crippen LogP contribution is -2.40. The van der Waals surface area contributed by atoms with E-state index >= 15 is 0 Å². The van der Waals surface area contributed by atoms with Gasteiger partial charge in [-0.3, -0.25) is 4.98 Å². The maximum Gasteiger partial charge on any atom is 0.0420 e. The highest BCUT2D eigenvalue weighted by Gasteiger charge is 2.28. The van der Waals surface area contributed by atoms with E-state index in [1.165, 1.54) is 31.4 Å². The standard InChI is InChI=1S/C18H29BrN2/c1-4-20-18(11-17-10-9-16(19)12-21-17)15-7-5-14(6-8-15)13(2)3/h9-10,12-15,18,20H,4-8,11H2,1-3H3. The van der Waals surface area contributed by atoms with Crippen LogP contribution < -0.4 is 5.32 Å². The molecule has 1 atom stereocenters. The third-order valence-electron chi connectivity index (χ3n) is 5.01. The van der Waals surface area contributed by atoms with Crippen molar-refractivity contribution in [3.05, 3.63) is 28.5 Å². The number of aromatic nitrogens is 1. The summed E-state index contributed by atoms with van der Waals surface area (Å²) in [5, 5.41) is 3.71. The number of likely N-dealkylation sites (N-methyl/N-ethyl adjacent to an activating group) is 1. The molecule has 0 aromatic carbocycles. The molecule has 0 radical (unpaired) electrons. The van der Waals surface area contributed by atoms with Gasteiger partial charge in [0.05, 0.1) is 0 Å². The molecule has 1 heterocycles. The highest BCUT2D eigenvalue weighted by Crippen LogP contribution is 2.35. The monoisotopic (exact) mass is 352 g/mol. The number of pyridine rings is 1. The second-order valence-corrected chi connectivity index (χ2v) is 7.67. The van der Waals surface area contributed by atoms with Gasteiger partial charge < -0.3 is 5.32 Å². The molecule has 2 nitrogen and oxygen atoms in total. The number of nitrogens with one attached hydrogen (secondary N) is 1. The summed E-state index contributed by atoms with van der Waals surface area (Å²) in [5.41, 5.74) is 1.20. The van der Waals surface area contributed by atoms with Crippen LogP contribution in [0.4, 0.5) is 0 Å². The first-order valence-corrected chi connectivity index (χ1v) is 9.23. The molecule has 1 unspecified atom stereocenters. The van der Waals surface area contributed by atoms with Crippen LogP contribution in [0, 0.1) is 17.8 Å². The van der Waals surface area contributed by atoms with E-state index in [2.05, 4.69) is 59.1 Å². The van der Waals surface area contributed by atoms with Gasteiger partial charge in [0.15, 0.2) is 0 Å². The van der Waals surface area contributed by atoms with E-state index in [1.807, 2.05) is 6.20 Å². The molecule has 2 rings (SSSR count). The molecule has 21 heavy (non-hydrogen) atoms. The highest BCUT2D eigenvalue weighted by molar-refractivity contribution is 9.10. The summed E-state index contributed by atoms with van der Waals surface area (Å²) in [7, 11) is 0. The number of halogens is 1. The Hall–Kier alpha value is -0.410. The van der Waals surface area contributed by atoms with Gasteiger partial charge in [0.2, 0.25) is 0 Å². The van der Waals surface area contributed by atoms with Crippen LogP contribution in [-0.2, 0) is 6.42 Å². The summed E-state index contributed by atoms with van der Waals surface area (Å²) < 4.78 is 1.06. The Morgan fingerprint density at radius 3 is 2.38 bits per heavy atom. The number of nitrogens with zero attached hydrogens (tertiary/aromatic N) is 1. The molecule has 3 heteroatoms. The van der Waals surface area contributed by atoms with Crippen molar-refractivity contribution in [2.75, 3.05) is 6.54 Å². The molecular weight excluding hydrogens is 324 g/mol. The van der Waals surface area contributed by atoms with Gasteiger partial charge in [0.25, 0.3) is 0 Å². The predicted molar refractivity (Wildman–Crippen MR) is 93.4 cm³/mol. The minimum atomic E-state index is 0.580. The van der Waals surface area contributed by atoms with Gasteiger partial charge in [-0.2, -0.15) is 0 Å². The fourth-order valence-electron chi connectivity index (χ4n) is 3.63. The first-order valence-electron chi connectivity index (χ1n) is 8.44. The SMILES string of the molecule is CCNC(Cc1ccc(Br)cn1)C1CCC(C(C)C)CC1. The van der Waals surface area contributed by atoms with Crippen molar-refractivity contribution < 1.29 is 0 Å². The molecule has 1 aliphatic carbocycles. The molecule has 0 saturated heterocycles. The zero-order chi connectivity index (χ0) is 15.2. The molecule has 1 saturated carbocycles. The summed E-state index contributed by atoms with van der Waals surface area (Å²) in [6.45, 7) is 8.00. The van der Waals surface area contributed by atoms with Crippen molar-refractivity contribution in [1.29, 1.82) is 0 Å². The molecule has 1 aromatic rings. The van der Waals surface area contributed by atoms with E-state index in [0.29, 0.717) is 6.04 Å². The lowest BCUT2D eigenvalue weighted by Gasteiger charge is -2.35. The molecule has 1 N–H and O–H groups in total. The summed E-state index contributed by atoms with van der Waals surface area (Å²) in [4.78, 5) is 4.55. The first kappa shape index (κ1) is 17.0. The third-order valence-corrected chi connectivity index (χ3v) is 5.48. The van der Waals surface area contributed by atoms with Crippen molar-refractivity contribution in [2.45, 2.75) is 58.9 Å². The van der Waals surface area contributed by atoms with Crippen molar-refractivity contribution >= 4 is 15.9 Å². The minimum Gasteiger partial charge on any atom is -0.314 e. The minimum absolute atomic E-state index is 0.580. The Balaban J connectivity index is 1.94. The molecular formula is C18H29BrN2. The van der Waals surface area contributed by atoms with E-state index in [1.54, 1.807) is 0 Å². The quantitative estimate of drug-likeness (QED) is 0.793. The Labute approximate surface area is 138 Å². The zero-order valence-electron chi connectivity index (χ0n) is 13.6. The van der Waals surface area contributed by atoms with Crippen molar-refractivity contribution in [3.63, 3.8) is 0 Å². The van der Waals surface area contributed by atoms with E-state index < -0.39 is 0 Å². The zero-order valence-corrected chi connectivity index (χ0v) is 15.2. The van der Waals surface area contributed by atoms with E-state index in [0.717, 1.165) is 35.2 Å². The van der Waals surface area contributed by atoms with Crippen molar-refractivity contribution in [3.8, 4) is 0 Å². The molecule has 0 amide bonds. The molecule has 118 valence electrons. The van der Waals surface area contributed by atoms with Gasteiger partial charge in [0, 0.05) is 28.8 Å². The van der Waals surface area contributed by atoms with Crippen LogP contribution in [0.25, 0.3) is 0 Å². The van der Waals surface area contributed by atoms with E-state index in [9.17, 15) is 0 Å². The maximum absolute atomic E-state index is 4.55. The number of rotatable bonds is 6. The van der Waals surface area contributed by atoms with Crippen LogP contribution in [-0.4, -0.2) is 17.6 Å². The highest BCUT2D eigenvalue weighted by atomic mass is 79.9. The summed E-state index contributed by atoms with van der Waals surface area (Å²) in [6, 6.07) is 4.83. The van der Waals surface area contributed by atoms with Crippen molar-refractivity contribution in [1.82, 2.24) is 10.3 Å². The third kappa shape index (κ3) is 5.07. The number of hydrogen-bond acceptors (Lipinski definition) is 2. The molecule has 1 fully saturated rings. The second-order valence-electron chi connectivity index (χ2n) is 6.75. The lowest BCUT2D eigenvalue weighted by molar-refractivity contribution is 0.188. The Morgan fingerprint density at radius 2 is 1.86 bits per heavy atom. The normalized spacial score (nSPS) is 24.2. The van der Waals surface area contributed by atoms with Gasteiger partial charge in [-0.25, -0.2) is 0 Å². The molecule has 0 bridgehead atoms. The van der Waals surface area contributed by atoms with E-state index in [4.69, 9.17) is 0 Å². The fourth-order valence-corrected chi connectivity index (χ4v) is 3.87. The Kier molecular flexibility index (Phi) is 6.69. The van der Waals surface area contributed by atoms with Crippen LogP contribution in [0.3, 0.4) is 0 Å². The Morgan fingerprint density at radius 1 is 1.19 bits per heavy atom. The molecule has 1 aromatic heterocycles. The van der Waals surface area contributed by atoms with Crippen LogP contribution in [0.1, 0.15) is 52.1 Å². The fraction of sp³-hybridized carbons (Fsp3) is 0.722. The summed E-state index contributed by atoms with van der Waals surface area (Å²) in [6.07, 6.45) is 8.51. The summed E-state index contributed by atoms with van der Waals surface area (Å²) in [5.74, 6) is 2.59. The van der Waals surface area contributed by atoms with Gasteiger partial charge in [-0.1, -0.05) is 20.8 Å². The van der Waals surface area contributed by atoms with Gasteiger partial charge in [-0.05, 0) is 78.0 Å². The summed E-state index contributed by atoms with van der Waals surface area (Å²) >= 11 is 3.46. The largest absolute Gasteiger partial charge is 0.314 e. The maximum atomic E-state index is 4.55. The van der Waals surface area contributed by atoms with Crippen LogP contribution >= 0.6 is 15.9 Å². The first-order chi connectivity index (χ1) is 10.1. The van der Waals surface area contributed by atoms with Gasteiger partial charge >= 0.3 is 0 Å². The van der Waals surface area contributed by atoms with E-state index in [-0.39, 0.29) is 0 Å². The van der Waals surface area contributed by atoms with Crippen LogP contribution in [0.2, 0.25) is 0 Å². The molecule has 0 spiro atoms. The Bertz CT molecular complexity index is 408. The van der Waals surface area contributed by atoms with Gasteiger partial charge in [-0.15, -0.1) is 0 Å². The van der Waals surface area contributed by atoms with Crippen LogP contribution in [0.5, 0.6) is 0 Å². The van der Waals surface area contributed by atoms with Crippen LogP contribution in [0.15, 0.2) is 22.8 Å². The molecule has 1 aliphatic rings. The second kappa shape index (κ2) is 8.28. The smallest absolute Gasteiger partial charge is 0.0420 e.